The Labute approximate surface area is 196 Å². The van der Waals surface area contributed by atoms with Gasteiger partial charge in [0.2, 0.25) is 15.9 Å². The molecule has 1 spiro atoms. The second-order valence-electron chi connectivity index (χ2n) is 9.12. The fourth-order valence-electron chi connectivity index (χ4n) is 6.08. The first-order chi connectivity index (χ1) is 15.3. The van der Waals surface area contributed by atoms with E-state index in [0.717, 1.165) is 0 Å². The number of anilines is 1. The first kappa shape index (κ1) is 23.0. The zero-order valence-electron chi connectivity index (χ0n) is 17.2. The van der Waals surface area contributed by atoms with Gasteiger partial charge < -0.3 is 9.47 Å². The Morgan fingerprint density at radius 1 is 1.39 bits per heavy atom. The predicted molar refractivity (Wildman–Crippen MR) is 111 cm³/mol. The van der Waals surface area contributed by atoms with Crippen molar-refractivity contribution in [3.8, 4) is 6.07 Å². The smallest absolute Gasteiger partial charge is 0.366 e. The highest BCUT2D eigenvalue weighted by molar-refractivity contribution is 9.10. The molecule has 6 atom stereocenters. The van der Waals surface area contributed by atoms with Crippen LogP contribution in [0.2, 0.25) is 0 Å². The molecule has 0 aliphatic carbocycles. The molecule has 0 aromatic heterocycles. The van der Waals surface area contributed by atoms with E-state index in [4.69, 9.17) is 9.47 Å². The van der Waals surface area contributed by atoms with Gasteiger partial charge >= 0.3 is 6.18 Å². The van der Waals surface area contributed by atoms with Gasteiger partial charge in [0.05, 0.1) is 35.3 Å². The van der Waals surface area contributed by atoms with Gasteiger partial charge in [-0.25, -0.2) is 13.1 Å². The quantitative estimate of drug-likeness (QED) is 0.617. The van der Waals surface area contributed by atoms with Crippen LogP contribution in [0.15, 0.2) is 22.7 Å². The lowest BCUT2D eigenvalue weighted by Gasteiger charge is -2.45. The van der Waals surface area contributed by atoms with E-state index < -0.39 is 57.3 Å². The number of rotatable bonds is 4. The van der Waals surface area contributed by atoms with Crippen molar-refractivity contribution in [3.63, 3.8) is 0 Å². The number of sulfonamides is 1. The molecule has 4 aliphatic heterocycles. The molecule has 4 heterocycles. The molecule has 13 heteroatoms. The van der Waals surface area contributed by atoms with Crippen molar-refractivity contribution >= 4 is 37.5 Å². The molecule has 4 saturated heterocycles. The van der Waals surface area contributed by atoms with Crippen LogP contribution in [0.1, 0.15) is 25.3 Å². The van der Waals surface area contributed by atoms with Gasteiger partial charge in [0.25, 0.3) is 0 Å². The number of nitriles is 1. The van der Waals surface area contributed by atoms with Crippen LogP contribution in [0.4, 0.5) is 18.9 Å². The summed E-state index contributed by atoms with van der Waals surface area (Å²) >= 11 is 3.32. The third-order valence-electron chi connectivity index (χ3n) is 7.08. The van der Waals surface area contributed by atoms with Crippen LogP contribution in [-0.2, 0) is 24.3 Å². The molecule has 0 unspecified atom stereocenters. The lowest BCUT2D eigenvalue weighted by molar-refractivity contribution is -0.143. The SMILES string of the molecule is C[C@@]12C[C@H](NS(=O)(=O)CC(F)(F)F)[C@]3(CCO[C@H]4[C@@H]3[C@@H]1C(=O)N4c1ccc(C#N)c(Br)c1)O2. The predicted octanol–water partition coefficient (Wildman–Crippen LogP) is 2.43. The standard InChI is InChI=1S/C20H19BrF3N3O5S/c1-18-7-13(26-33(29,30)9-20(22,23)24)19(32-18)4-5-31-17-15(19)14(18)16(28)27(17)11-3-2-10(8-25)12(21)6-11/h2-3,6,13-15,17,26H,4-5,7,9H2,1H3/t13-,14+,15-,17-,18+,19-/m0/s1. The number of fused-ring (bicyclic) bond motifs is 2. The molecule has 1 aromatic carbocycles. The van der Waals surface area contributed by atoms with Crippen molar-refractivity contribution in [3.05, 3.63) is 28.2 Å². The summed E-state index contributed by atoms with van der Waals surface area (Å²) in [5.41, 5.74) is -1.33. The molecule has 1 amide bonds. The number of alkyl halides is 3. The number of benzene rings is 1. The van der Waals surface area contributed by atoms with E-state index in [0.29, 0.717) is 15.7 Å². The number of hydrogen-bond acceptors (Lipinski definition) is 6. The van der Waals surface area contributed by atoms with E-state index in [-0.39, 0.29) is 25.4 Å². The van der Waals surface area contributed by atoms with Crippen LogP contribution in [0.5, 0.6) is 0 Å². The maximum Gasteiger partial charge on any atom is 0.404 e. The Hall–Kier alpha value is -1.72. The van der Waals surface area contributed by atoms with E-state index in [2.05, 4.69) is 20.7 Å². The lowest BCUT2D eigenvalue weighted by atomic mass is 9.64. The normalized spacial score (nSPS) is 37.3. The van der Waals surface area contributed by atoms with Crippen LogP contribution >= 0.6 is 15.9 Å². The first-order valence-electron chi connectivity index (χ1n) is 10.2. The minimum absolute atomic E-state index is 0.0780. The minimum Gasteiger partial charge on any atom is -0.366 e. The average Bonchev–Trinajstić information content (AvgIpc) is 3.23. The topological polar surface area (TPSA) is 109 Å². The average molecular weight is 550 g/mol. The molecule has 178 valence electrons. The van der Waals surface area contributed by atoms with Gasteiger partial charge in [-0.05, 0) is 47.5 Å². The highest BCUT2D eigenvalue weighted by atomic mass is 79.9. The van der Waals surface area contributed by atoms with Crippen LogP contribution < -0.4 is 9.62 Å². The molecule has 1 N–H and O–H groups in total. The van der Waals surface area contributed by atoms with Gasteiger partial charge in [0, 0.05) is 22.5 Å². The number of carbonyl (C=O) groups excluding carboxylic acids is 1. The molecule has 4 fully saturated rings. The summed E-state index contributed by atoms with van der Waals surface area (Å²) in [5, 5.41) is 9.18. The maximum absolute atomic E-state index is 13.6. The van der Waals surface area contributed by atoms with Crippen LogP contribution in [0.3, 0.4) is 0 Å². The van der Waals surface area contributed by atoms with E-state index in [1.165, 1.54) is 4.90 Å². The van der Waals surface area contributed by atoms with E-state index >= 15 is 0 Å². The second kappa shape index (κ2) is 7.14. The molecule has 1 aromatic rings. The first-order valence-corrected chi connectivity index (χ1v) is 12.7. The summed E-state index contributed by atoms with van der Waals surface area (Å²) in [4.78, 5) is 15.1. The number of nitrogens with zero attached hydrogens (tertiary/aromatic N) is 2. The fourth-order valence-corrected chi connectivity index (χ4v) is 7.76. The Bertz CT molecular complexity index is 1190. The van der Waals surface area contributed by atoms with Gasteiger partial charge in [-0.3, -0.25) is 9.69 Å². The molecular weight excluding hydrogens is 531 g/mol. The third kappa shape index (κ3) is 3.41. The van der Waals surface area contributed by atoms with Gasteiger partial charge in [-0.2, -0.15) is 18.4 Å². The van der Waals surface area contributed by atoms with Gasteiger partial charge in [0.15, 0.2) is 5.75 Å². The lowest BCUT2D eigenvalue weighted by Crippen LogP contribution is -2.62. The summed E-state index contributed by atoms with van der Waals surface area (Å²) in [6.07, 6.45) is -5.32. The molecule has 5 rings (SSSR count). The Kier molecular flexibility index (Phi) is 4.99. The summed E-state index contributed by atoms with van der Waals surface area (Å²) in [7, 11) is -4.67. The monoisotopic (exact) mass is 549 g/mol. The number of carbonyl (C=O) groups is 1. The summed E-state index contributed by atoms with van der Waals surface area (Å²) in [6.45, 7) is 1.84. The van der Waals surface area contributed by atoms with Crippen LogP contribution in [0, 0.1) is 23.2 Å². The molecular formula is C20H19BrF3N3O5S. The van der Waals surface area contributed by atoms with Crippen LogP contribution in [0.25, 0.3) is 0 Å². The molecule has 33 heavy (non-hydrogen) atoms. The van der Waals surface area contributed by atoms with Crippen molar-refractivity contribution in [1.29, 1.82) is 5.26 Å². The molecule has 0 radical (unpaired) electrons. The third-order valence-corrected chi connectivity index (χ3v) is 9.08. The molecule has 0 saturated carbocycles. The van der Waals surface area contributed by atoms with Crippen molar-refractivity contribution in [2.75, 3.05) is 17.3 Å². The van der Waals surface area contributed by atoms with Crippen molar-refractivity contribution in [2.24, 2.45) is 11.8 Å². The molecule has 2 bridgehead atoms. The van der Waals surface area contributed by atoms with Crippen molar-refractivity contribution in [2.45, 2.75) is 49.4 Å². The number of amides is 1. The minimum atomic E-state index is -4.88. The fraction of sp³-hybridized carbons (Fsp3) is 0.600. The van der Waals surface area contributed by atoms with Gasteiger partial charge in [-0.1, -0.05) is 0 Å². The Morgan fingerprint density at radius 3 is 2.76 bits per heavy atom. The molecule has 8 nitrogen and oxygen atoms in total. The van der Waals surface area contributed by atoms with Crippen molar-refractivity contribution < 1.29 is 35.9 Å². The summed E-state index contributed by atoms with van der Waals surface area (Å²) in [6, 6.07) is 5.95. The Morgan fingerprint density at radius 2 is 2.12 bits per heavy atom. The maximum atomic E-state index is 13.6. The van der Waals surface area contributed by atoms with Crippen molar-refractivity contribution in [1.82, 2.24) is 4.72 Å². The molecule has 4 aliphatic rings. The number of nitrogens with one attached hydrogen (secondary N) is 1. The number of halogens is 4. The largest absolute Gasteiger partial charge is 0.404 e. The Balaban J connectivity index is 1.51. The van der Waals surface area contributed by atoms with E-state index in [1.807, 2.05) is 6.07 Å². The summed E-state index contributed by atoms with van der Waals surface area (Å²) < 4.78 is 77.8. The van der Waals surface area contributed by atoms with Gasteiger partial charge in [-0.15, -0.1) is 0 Å². The highest BCUT2D eigenvalue weighted by Gasteiger charge is 2.78. The highest BCUT2D eigenvalue weighted by Crippen LogP contribution is 2.65. The number of hydrogen-bond donors (Lipinski definition) is 1. The second-order valence-corrected chi connectivity index (χ2v) is 11.7. The van der Waals surface area contributed by atoms with E-state index in [1.54, 1.807) is 25.1 Å². The van der Waals surface area contributed by atoms with Gasteiger partial charge in [0.1, 0.15) is 12.3 Å². The van der Waals surface area contributed by atoms with Crippen LogP contribution in [-0.4, -0.2) is 56.3 Å². The zero-order chi connectivity index (χ0) is 24.0. The summed E-state index contributed by atoms with van der Waals surface area (Å²) in [5.74, 6) is -3.45. The number of ether oxygens (including phenoxy) is 2. The van der Waals surface area contributed by atoms with E-state index in [9.17, 15) is 31.6 Å². The zero-order valence-corrected chi connectivity index (χ0v) is 19.6.